The third kappa shape index (κ3) is 4.29. The molecule has 0 unspecified atom stereocenters. The summed E-state index contributed by atoms with van der Waals surface area (Å²) in [7, 11) is 1.74. The van der Waals surface area contributed by atoms with Gasteiger partial charge in [0.1, 0.15) is 12.4 Å². The number of rotatable bonds is 6. The molecule has 2 amide bonds. The molecule has 1 aromatic heterocycles. The van der Waals surface area contributed by atoms with Crippen LogP contribution in [-0.4, -0.2) is 56.1 Å². The molecule has 9 heteroatoms. The van der Waals surface area contributed by atoms with E-state index in [0.29, 0.717) is 36.3 Å². The summed E-state index contributed by atoms with van der Waals surface area (Å²) in [6.07, 6.45) is 3.80. The van der Waals surface area contributed by atoms with Crippen molar-refractivity contribution in [1.82, 2.24) is 30.4 Å². The Hall–Kier alpha value is -2.97. The Morgan fingerprint density at radius 3 is 2.89 bits per heavy atom. The van der Waals surface area contributed by atoms with E-state index in [1.807, 2.05) is 0 Å². The normalized spacial score (nSPS) is 19.3. The van der Waals surface area contributed by atoms with Gasteiger partial charge < -0.3 is 15.0 Å². The maximum Gasteiger partial charge on any atom is 0.254 e. The number of tetrazole rings is 1. The summed E-state index contributed by atoms with van der Waals surface area (Å²) in [6, 6.07) is 7.42. The van der Waals surface area contributed by atoms with E-state index in [2.05, 4.69) is 20.8 Å². The van der Waals surface area contributed by atoms with E-state index in [1.165, 1.54) is 4.68 Å². The predicted molar refractivity (Wildman–Crippen MR) is 99.4 cm³/mol. The van der Waals surface area contributed by atoms with Crippen molar-refractivity contribution in [3.8, 4) is 5.75 Å². The van der Waals surface area contributed by atoms with Gasteiger partial charge in [0.25, 0.3) is 5.91 Å². The Bertz CT molecular complexity index is 863. The highest BCUT2D eigenvalue weighted by molar-refractivity contribution is 5.95. The summed E-state index contributed by atoms with van der Waals surface area (Å²) in [5, 5.41) is 14.3. The number of aromatic nitrogens is 4. The Morgan fingerprint density at radius 1 is 1.29 bits per heavy atom. The van der Waals surface area contributed by atoms with Gasteiger partial charge in [-0.2, -0.15) is 0 Å². The minimum atomic E-state index is -0.124. The van der Waals surface area contributed by atoms with Crippen molar-refractivity contribution < 1.29 is 14.3 Å². The number of hydrogen-bond donors (Lipinski definition) is 1. The molecule has 28 heavy (non-hydrogen) atoms. The number of carbonyl (C=O) groups is 2. The van der Waals surface area contributed by atoms with Gasteiger partial charge >= 0.3 is 0 Å². The number of piperidine rings is 1. The van der Waals surface area contributed by atoms with Gasteiger partial charge in [0.2, 0.25) is 5.91 Å². The molecule has 0 bridgehead atoms. The molecule has 2 heterocycles. The van der Waals surface area contributed by atoms with Crippen LogP contribution in [0.3, 0.4) is 0 Å². The highest BCUT2D eigenvalue weighted by Gasteiger charge is 2.32. The number of hydrogen-bond acceptors (Lipinski definition) is 6. The molecule has 1 saturated carbocycles. The van der Waals surface area contributed by atoms with Crippen LogP contribution < -0.4 is 10.1 Å². The van der Waals surface area contributed by atoms with Gasteiger partial charge in [0.05, 0.1) is 5.92 Å². The average Bonchev–Trinajstić information content (AvgIpc) is 3.44. The molecular weight excluding hydrogens is 360 g/mol. The summed E-state index contributed by atoms with van der Waals surface area (Å²) < 4.78 is 7.26. The lowest BCUT2D eigenvalue weighted by Gasteiger charge is -2.32. The van der Waals surface area contributed by atoms with Crippen molar-refractivity contribution in [2.75, 3.05) is 13.1 Å². The van der Waals surface area contributed by atoms with Gasteiger partial charge in [-0.3, -0.25) is 9.59 Å². The third-order valence-corrected chi connectivity index (χ3v) is 5.16. The first-order chi connectivity index (χ1) is 13.6. The van der Waals surface area contributed by atoms with E-state index in [9.17, 15) is 9.59 Å². The first-order valence-corrected chi connectivity index (χ1v) is 9.64. The average molecular weight is 384 g/mol. The summed E-state index contributed by atoms with van der Waals surface area (Å²) in [5.41, 5.74) is 0.553. The predicted octanol–water partition coefficient (Wildman–Crippen LogP) is 0.920. The van der Waals surface area contributed by atoms with Crippen molar-refractivity contribution in [1.29, 1.82) is 0 Å². The van der Waals surface area contributed by atoms with E-state index >= 15 is 0 Å². The lowest BCUT2D eigenvalue weighted by atomic mass is 9.96. The van der Waals surface area contributed by atoms with Crippen molar-refractivity contribution in [2.45, 2.75) is 38.3 Å². The second-order valence-electron chi connectivity index (χ2n) is 7.41. The molecule has 4 rings (SSSR count). The van der Waals surface area contributed by atoms with E-state index < -0.39 is 0 Å². The van der Waals surface area contributed by atoms with Crippen LogP contribution in [0.2, 0.25) is 0 Å². The molecule has 1 aliphatic carbocycles. The van der Waals surface area contributed by atoms with Gasteiger partial charge in [-0.25, -0.2) is 4.68 Å². The maximum atomic E-state index is 12.9. The third-order valence-electron chi connectivity index (χ3n) is 5.16. The van der Waals surface area contributed by atoms with Gasteiger partial charge in [0.15, 0.2) is 5.82 Å². The topological polar surface area (TPSA) is 102 Å². The molecule has 1 atom stereocenters. The Balaban J connectivity index is 1.38. The molecule has 1 aliphatic heterocycles. The summed E-state index contributed by atoms with van der Waals surface area (Å²) in [5.74, 6) is 1.05. The fourth-order valence-corrected chi connectivity index (χ4v) is 3.34. The van der Waals surface area contributed by atoms with Crippen LogP contribution in [0.25, 0.3) is 0 Å². The van der Waals surface area contributed by atoms with Crippen LogP contribution in [-0.2, 0) is 18.4 Å². The Morgan fingerprint density at radius 2 is 2.14 bits per heavy atom. The minimum absolute atomic E-state index is 0.0744. The molecule has 9 nitrogen and oxygen atoms in total. The number of benzene rings is 1. The van der Waals surface area contributed by atoms with Crippen LogP contribution in [0.15, 0.2) is 24.3 Å². The summed E-state index contributed by atoms with van der Waals surface area (Å²) >= 11 is 0. The lowest BCUT2D eigenvalue weighted by molar-refractivity contribution is -0.126. The first kappa shape index (κ1) is 18.4. The molecule has 2 aliphatic rings. The van der Waals surface area contributed by atoms with E-state index in [0.717, 1.165) is 25.7 Å². The zero-order valence-electron chi connectivity index (χ0n) is 15.9. The molecular formula is C19H24N6O3. The molecule has 1 saturated heterocycles. The number of nitrogens with zero attached hydrogens (tertiary/aromatic N) is 5. The first-order valence-electron chi connectivity index (χ1n) is 9.64. The van der Waals surface area contributed by atoms with Crippen LogP contribution in [0.1, 0.15) is 41.9 Å². The fourth-order valence-electron chi connectivity index (χ4n) is 3.34. The molecule has 1 N–H and O–H groups in total. The number of nitrogens with one attached hydrogen (secondary N) is 1. The zero-order chi connectivity index (χ0) is 19.5. The molecule has 0 spiro atoms. The number of ether oxygens (including phenoxy) is 1. The molecule has 0 radical (unpaired) electrons. The largest absolute Gasteiger partial charge is 0.486 e. The number of aryl methyl sites for hydroxylation is 1. The van der Waals surface area contributed by atoms with E-state index in [4.69, 9.17) is 4.74 Å². The maximum absolute atomic E-state index is 12.9. The smallest absolute Gasteiger partial charge is 0.254 e. The Labute approximate surface area is 163 Å². The van der Waals surface area contributed by atoms with Crippen LogP contribution in [0, 0.1) is 5.92 Å². The van der Waals surface area contributed by atoms with Crippen LogP contribution in [0.4, 0.5) is 0 Å². The van der Waals surface area contributed by atoms with Gasteiger partial charge in [0, 0.05) is 31.7 Å². The van der Waals surface area contributed by atoms with Crippen molar-refractivity contribution >= 4 is 11.8 Å². The quantitative estimate of drug-likeness (QED) is 0.795. The summed E-state index contributed by atoms with van der Waals surface area (Å²) in [6.45, 7) is 1.35. The van der Waals surface area contributed by atoms with E-state index in [-0.39, 0.29) is 24.3 Å². The van der Waals surface area contributed by atoms with Crippen molar-refractivity contribution in [3.63, 3.8) is 0 Å². The van der Waals surface area contributed by atoms with Crippen LogP contribution in [0.5, 0.6) is 5.75 Å². The second-order valence-corrected chi connectivity index (χ2v) is 7.41. The monoisotopic (exact) mass is 384 g/mol. The number of amides is 2. The minimum Gasteiger partial charge on any atom is -0.486 e. The van der Waals surface area contributed by atoms with E-state index in [1.54, 1.807) is 36.2 Å². The standard InChI is InChI=1S/C19H24N6O3/c1-24-17(21-22-23-24)12-28-16-6-2-4-13(10-16)19(27)25-9-3-5-14(11-25)18(26)20-15-7-8-15/h2,4,6,10,14-15H,3,5,7-9,11-12H2,1H3,(H,20,26)/t14-/m0/s1. The van der Waals surface area contributed by atoms with Gasteiger partial charge in [-0.05, 0) is 54.3 Å². The SMILES string of the molecule is Cn1nnnc1COc1cccc(C(=O)N2CCC[C@H](C(=O)NC3CC3)C2)c1. The molecule has 148 valence electrons. The number of carbonyl (C=O) groups excluding carboxylic acids is 2. The lowest BCUT2D eigenvalue weighted by Crippen LogP contribution is -2.45. The molecule has 2 aromatic rings. The zero-order valence-corrected chi connectivity index (χ0v) is 15.9. The van der Waals surface area contributed by atoms with Gasteiger partial charge in [-0.1, -0.05) is 6.07 Å². The molecule has 1 aromatic carbocycles. The van der Waals surface area contributed by atoms with Gasteiger partial charge in [-0.15, -0.1) is 5.10 Å². The van der Waals surface area contributed by atoms with Crippen LogP contribution >= 0.6 is 0 Å². The highest BCUT2D eigenvalue weighted by atomic mass is 16.5. The van der Waals surface area contributed by atoms with Crippen molar-refractivity contribution in [3.05, 3.63) is 35.7 Å². The summed E-state index contributed by atoms with van der Waals surface area (Å²) in [4.78, 5) is 27.1. The fraction of sp³-hybridized carbons (Fsp3) is 0.526. The highest BCUT2D eigenvalue weighted by Crippen LogP contribution is 2.24. The second kappa shape index (κ2) is 7.95. The molecule has 2 fully saturated rings. The Kier molecular flexibility index (Phi) is 5.23. The van der Waals surface area contributed by atoms with Crippen molar-refractivity contribution in [2.24, 2.45) is 13.0 Å². The number of likely N-dealkylation sites (tertiary alicyclic amines) is 1.